The van der Waals surface area contributed by atoms with Crippen LogP contribution in [0.25, 0.3) is 0 Å². The second kappa shape index (κ2) is 8.09. The number of halogens is 3. The minimum Gasteiger partial charge on any atom is -0.361 e. The van der Waals surface area contributed by atoms with Crippen molar-refractivity contribution in [3.05, 3.63) is 88.6 Å². The SMILES string of the molecule is Cc1oncc1C(=O)CC(c1cccc(F)c1)C(C#N)c1ccc(F)c(F)c1. The van der Waals surface area contributed by atoms with Gasteiger partial charge in [0.1, 0.15) is 11.6 Å². The van der Waals surface area contributed by atoms with Gasteiger partial charge in [-0.25, -0.2) is 13.2 Å². The number of carbonyl (C=O) groups is 1. The molecule has 0 amide bonds. The van der Waals surface area contributed by atoms with Crippen molar-refractivity contribution >= 4 is 5.78 Å². The van der Waals surface area contributed by atoms with E-state index in [1.807, 2.05) is 6.07 Å². The molecule has 0 saturated heterocycles. The van der Waals surface area contributed by atoms with Gasteiger partial charge >= 0.3 is 0 Å². The predicted octanol–water partition coefficient (Wildman–Crippen LogP) is 5.06. The molecule has 2 aromatic carbocycles. The summed E-state index contributed by atoms with van der Waals surface area (Å²) in [5, 5.41) is 13.3. The summed E-state index contributed by atoms with van der Waals surface area (Å²) in [6.45, 7) is 1.58. The molecular formula is C21H15F3N2O2. The first-order valence-corrected chi connectivity index (χ1v) is 8.45. The molecule has 2 atom stereocenters. The summed E-state index contributed by atoms with van der Waals surface area (Å²) in [6.07, 6.45) is 1.11. The zero-order valence-corrected chi connectivity index (χ0v) is 14.8. The summed E-state index contributed by atoms with van der Waals surface area (Å²) in [4.78, 5) is 12.7. The third-order valence-corrected chi connectivity index (χ3v) is 4.58. The van der Waals surface area contributed by atoms with Crippen LogP contribution in [0.3, 0.4) is 0 Å². The Morgan fingerprint density at radius 1 is 1.14 bits per heavy atom. The summed E-state index contributed by atoms with van der Waals surface area (Å²) in [6, 6.07) is 10.7. The number of nitrogens with zero attached hydrogens (tertiary/aromatic N) is 2. The number of hydrogen-bond donors (Lipinski definition) is 0. The average Bonchev–Trinajstić information content (AvgIpc) is 3.10. The molecule has 1 heterocycles. The summed E-state index contributed by atoms with van der Waals surface area (Å²) in [7, 11) is 0. The monoisotopic (exact) mass is 384 g/mol. The number of hydrogen-bond acceptors (Lipinski definition) is 4. The van der Waals surface area contributed by atoms with Gasteiger partial charge in [0.25, 0.3) is 0 Å². The van der Waals surface area contributed by atoms with E-state index in [4.69, 9.17) is 4.52 Å². The molecule has 1 aromatic heterocycles. The molecule has 0 spiro atoms. The third-order valence-electron chi connectivity index (χ3n) is 4.58. The van der Waals surface area contributed by atoms with Crippen molar-refractivity contribution in [3.8, 4) is 6.07 Å². The van der Waals surface area contributed by atoms with Crippen LogP contribution in [0.15, 0.2) is 53.2 Å². The second-order valence-electron chi connectivity index (χ2n) is 6.36. The lowest BCUT2D eigenvalue weighted by Crippen LogP contribution is -2.16. The van der Waals surface area contributed by atoms with Crippen LogP contribution in [0.1, 0.15) is 45.5 Å². The smallest absolute Gasteiger partial charge is 0.168 e. The maximum absolute atomic E-state index is 13.8. The van der Waals surface area contributed by atoms with Gasteiger partial charge in [-0.05, 0) is 42.3 Å². The minimum atomic E-state index is -1.10. The lowest BCUT2D eigenvalue weighted by atomic mass is 9.78. The van der Waals surface area contributed by atoms with Gasteiger partial charge in [0.15, 0.2) is 17.4 Å². The number of carbonyl (C=O) groups excluding carboxylic acids is 1. The van der Waals surface area contributed by atoms with Crippen LogP contribution in [-0.2, 0) is 0 Å². The van der Waals surface area contributed by atoms with E-state index in [0.29, 0.717) is 11.3 Å². The highest BCUT2D eigenvalue weighted by Gasteiger charge is 2.29. The average molecular weight is 384 g/mol. The van der Waals surface area contributed by atoms with Crippen molar-refractivity contribution in [2.45, 2.75) is 25.2 Å². The number of aryl methyl sites for hydroxylation is 1. The fourth-order valence-electron chi connectivity index (χ4n) is 3.14. The first-order valence-electron chi connectivity index (χ1n) is 8.45. The van der Waals surface area contributed by atoms with Gasteiger partial charge in [0.05, 0.1) is 23.7 Å². The van der Waals surface area contributed by atoms with Gasteiger partial charge in [-0.15, -0.1) is 0 Å². The zero-order valence-electron chi connectivity index (χ0n) is 14.8. The number of ketones is 1. The standard InChI is InChI=1S/C21H15F3N2O2/c1-12-18(11-26-28-12)21(27)9-16(13-3-2-4-15(22)7-13)17(10-25)14-5-6-19(23)20(24)8-14/h2-8,11,16-17H,9H2,1H3. The number of nitriles is 1. The first kappa shape index (κ1) is 19.4. The molecule has 0 radical (unpaired) electrons. The van der Waals surface area contributed by atoms with Crippen molar-refractivity contribution in [1.82, 2.24) is 5.16 Å². The number of rotatable bonds is 6. The van der Waals surface area contributed by atoms with E-state index in [0.717, 1.165) is 12.1 Å². The third kappa shape index (κ3) is 3.96. The van der Waals surface area contributed by atoms with Crippen molar-refractivity contribution in [2.75, 3.05) is 0 Å². The topological polar surface area (TPSA) is 66.9 Å². The van der Waals surface area contributed by atoms with Crippen LogP contribution in [0.2, 0.25) is 0 Å². The molecule has 0 aliphatic carbocycles. The van der Waals surface area contributed by atoms with Crippen LogP contribution in [0, 0.1) is 35.7 Å². The quantitative estimate of drug-likeness (QED) is 0.557. The molecule has 3 aromatic rings. The van der Waals surface area contributed by atoms with Gasteiger partial charge < -0.3 is 4.52 Å². The molecule has 28 heavy (non-hydrogen) atoms. The van der Waals surface area contributed by atoms with E-state index in [9.17, 15) is 23.2 Å². The van der Waals surface area contributed by atoms with Crippen LogP contribution >= 0.6 is 0 Å². The van der Waals surface area contributed by atoms with Crippen LogP contribution < -0.4 is 0 Å². The first-order chi connectivity index (χ1) is 13.4. The van der Waals surface area contributed by atoms with Crippen molar-refractivity contribution in [3.63, 3.8) is 0 Å². The molecule has 0 aliphatic rings. The van der Waals surface area contributed by atoms with Gasteiger partial charge in [0, 0.05) is 12.3 Å². The Hall–Kier alpha value is -3.40. The lowest BCUT2D eigenvalue weighted by molar-refractivity contribution is 0.0970. The Balaban J connectivity index is 2.04. The van der Waals surface area contributed by atoms with Crippen molar-refractivity contribution in [2.24, 2.45) is 0 Å². The summed E-state index contributed by atoms with van der Waals surface area (Å²) in [5.41, 5.74) is 0.854. The number of Topliss-reactive ketones (excluding diaryl/α,β-unsaturated/α-hetero) is 1. The fourth-order valence-corrected chi connectivity index (χ4v) is 3.14. The minimum absolute atomic E-state index is 0.164. The molecule has 0 fully saturated rings. The molecule has 4 nitrogen and oxygen atoms in total. The largest absolute Gasteiger partial charge is 0.361 e. The highest BCUT2D eigenvalue weighted by molar-refractivity contribution is 5.97. The molecule has 3 rings (SSSR count). The number of benzene rings is 2. The van der Waals surface area contributed by atoms with Crippen molar-refractivity contribution in [1.29, 1.82) is 5.26 Å². The van der Waals surface area contributed by atoms with E-state index in [2.05, 4.69) is 5.16 Å². The second-order valence-corrected chi connectivity index (χ2v) is 6.36. The Kier molecular flexibility index (Phi) is 5.59. The highest BCUT2D eigenvalue weighted by atomic mass is 19.2. The van der Waals surface area contributed by atoms with E-state index in [1.54, 1.807) is 13.0 Å². The van der Waals surface area contributed by atoms with Crippen molar-refractivity contribution < 1.29 is 22.5 Å². The normalized spacial score (nSPS) is 13.0. The van der Waals surface area contributed by atoms with Gasteiger partial charge in [-0.3, -0.25) is 4.79 Å². The Morgan fingerprint density at radius 2 is 1.93 bits per heavy atom. The van der Waals surface area contributed by atoms with Crippen LogP contribution in [-0.4, -0.2) is 10.9 Å². The summed E-state index contributed by atoms with van der Waals surface area (Å²) < 4.78 is 45.7. The van der Waals surface area contributed by atoms with E-state index < -0.39 is 29.3 Å². The Labute approximate surface area is 159 Å². The van der Waals surface area contributed by atoms with Gasteiger partial charge in [0.2, 0.25) is 0 Å². The molecule has 0 saturated carbocycles. The van der Waals surface area contributed by atoms with Crippen LogP contribution in [0.4, 0.5) is 13.2 Å². The fraction of sp³-hybridized carbons (Fsp3) is 0.190. The maximum atomic E-state index is 13.8. The Morgan fingerprint density at radius 3 is 2.54 bits per heavy atom. The predicted molar refractivity (Wildman–Crippen MR) is 94.0 cm³/mol. The molecule has 0 aliphatic heterocycles. The van der Waals surface area contributed by atoms with E-state index in [-0.39, 0.29) is 23.3 Å². The van der Waals surface area contributed by atoms with Crippen LogP contribution in [0.5, 0.6) is 0 Å². The molecule has 0 bridgehead atoms. The summed E-state index contributed by atoms with van der Waals surface area (Å²) >= 11 is 0. The molecular weight excluding hydrogens is 369 g/mol. The molecule has 142 valence electrons. The van der Waals surface area contributed by atoms with E-state index in [1.165, 1.54) is 30.5 Å². The number of aromatic nitrogens is 1. The summed E-state index contributed by atoms with van der Waals surface area (Å²) in [5.74, 6) is -4.48. The molecule has 2 unspecified atom stereocenters. The zero-order chi connectivity index (χ0) is 20.3. The maximum Gasteiger partial charge on any atom is 0.168 e. The highest BCUT2D eigenvalue weighted by Crippen LogP contribution is 2.37. The molecule has 0 N–H and O–H groups in total. The van der Waals surface area contributed by atoms with Gasteiger partial charge in [-0.2, -0.15) is 5.26 Å². The Bertz CT molecular complexity index is 1060. The lowest BCUT2D eigenvalue weighted by Gasteiger charge is -2.22. The van der Waals surface area contributed by atoms with Gasteiger partial charge in [-0.1, -0.05) is 23.4 Å². The van der Waals surface area contributed by atoms with E-state index >= 15 is 0 Å². The molecule has 7 heteroatoms.